The van der Waals surface area contributed by atoms with Crippen molar-refractivity contribution in [1.29, 1.82) is 0 Å². The van der Waals surface area contributed by atoms with Crippen molar-refractivity contribution in [3.63, 3.8) is 0 Å². The number of alkyl halides is 2. The number of benzene rings is 2. The summed E-state index contributed by atoms with van der Waals surface area (Å²) >= 11 is 1.49. The first-order valence-electron chi connectivity index (χ1n) is 8.14. The molecule has 0 aliphatic rings. The van der Waals surface area contributed by atoms with Gasteiger partial charge < -0.3 is 0 Å². The molecule has 0 aliphatic heterocycles. The van der Waals surface area contributed by atoms with E-state index >= 15 is 0 Å². The van der Waals surface area contributed by atoms with E-state index in [1.807, 2.05) is 16.8 Å². The molecular weight excluding hydrogens is 390 g/mol. The van der Waals surface area contributed by atoms with Crippen molar-refractivity contribution >= 4 is 21.6 Å². The number of aromatic nitrogens is 2. The number of sulfone groups is 1. The Morgan fingerprint density at radius 1 is 1.07 bits per heavy atom. The monoisotopic (exact) mass is 408 g/mol. The molecule has 0 fully saturated rings. The number of hydrogen-bond acceptors (Lipinski definition) is 4. The van der Waals surface area contributed by atoms with Gasteiger partial charge in [0.1, 0.15) is 0 Å². The van der Waals surface area contributed by atoms with Crippen LogP contribution in [0.1, 0.15) is 16.7 Å². The average molecular weight is 408 g/mol. The molecule has 142 valence electrons. The minimum Gasteiger partial charge on any atom is -0.295 e. The molecule has 1 heterocycles. The minimum absolute atomic E-state index is 0.372. The summed E-state index contributed by atoms with van der Waals surface area (Å²) < 4.78 is 50.1. The van der Waals surface area contributed by atoms with Crippen LogP contribution in [0, 0.1) is 13.8 Å². The Morgan fingerprint density at radius 2 is 1.78 bits per heavy atom. The predicted molar refractivity (Wildman–Crippen MR) is 102 cm³/mol. The first-order chi connectivity index (χ1) is 12.8. The van der Waals surface area contributed by atoms with Gasteiger partial charge in [-0.1, -0.05) is 30.0 Å². The number of thioether (sulfide) groups is 1. The van der Waals surface area contributed by atoms with Gasteiger partial charge in [0.2, 0.25) is 9.84 Å². The molecule has 0 saturated heterocycles. The Kier molecular flexibility index (Phi) is 5.67. The Bertz CT molecular complexity index is 1050. The van der Waals surface area contributed by atoms with Crippen molar-refractivity contribution in [2.24, 2.45) is 0 Å². The summed E-state index contributed by atoms with van der Waals surface area (Å²) in [4.78, 5) is 4.00. The second kappa shape index (κ2) is 7.82. The zero-order chi connectivity index (χ0) is 19.6. The van der Waals surface area contributed by atoms with Crippen molar-refractivity contribution < 1.29 is 17.2 Å². The van der Waals surface area contributed by atoms with E-state index in [2.05, 4.69) is 31.0 Å². The molecule has 4 nitrogen and oxygen atoms in total. The molecular formula is C19H18F2N2O2S2. The molecule has 1 aromatic heterocycles. The number of halogens is 2. The maximum atomic E-state index is 12.6. The van der Waals surface area contributed by atoms with Gasteiger partial charge in [0.25, 0.3) is 0 Å². The molecule has 8 heteroatoms. The number of hydrogen-bond donors (Lipinski definition) is 0. The summed E-state index contributed by atoms with van der Waals surface area (Å²) in [7, 11) is -4.56. The van der Waals surface area contributed by atoms with Gasteiger partial charge in [-0.15, -0.1) is 0 Å². The van der Waals surface area contributed by atoms with Gasteiger partial charge in [0.05, 0.1) is 4.90 Å². The van der Waals surface area contributed by atoms with E-state index in [9.17, 15) is 17.2 Å². The summed E-state index contributed by atoms with van der Waals surface area (Å²) in [5, 5.41) is 0.794. The van der Waals surface area contributed by atoms with Gasteiger partial charge >= 0.3 is 5.76 Å². The standard InChI is InChI=1S/C19H18F2N2O2S2/c1-13-3-6-16(11-14(13)2)23-10-9-22-19(23)26-12-15-4-7-17(8-5-15)27(24,25)18(20)21/h3-11,18H,12H2,1-2H3. The lowest BCUT2D eigenvalue weighted by molar-refractivity contribution is 0.234. The van der Waals surface area contributed by atoms with E-state index in [4.69, 9.17) is 0 Å². The first kappa shape index (κ1) is 19.6. The topological polar surface area (TPSA) is 52.0 Å². The molecule has 0 amide bonds. The highest BCUT2D eigenvalue weighted by Crippen LogP contribution is 2.26. The zero-order valence-electron chi connectivity index (χ0n) is 14.8. The fourth-order valence-electron chi connectivity index (χ4n) is 2.49. The number of rotatable bonds is 6. The Morgan fingerprint density at radius 3 is 2.41 bits per heavy atom. The molecule has 2 aromatic carbocycles. The Labute approximate surface area is 161 Å². The van der Waals surface area contributed by atoms with E-state index in [0.717, 1.165) is 16.4 Å². The van der Waals surface area contributed by atoms with Crippen molar-refractivity contribution in [2.45, 2.75) is 35.4 Å². The number of nitrogens with zero attached hydrogens (tertiary/aromatic N) is 2. The lowest BCUT2D eigenvalue weighted by Gasteiger charge is -2.10. The summed E-state index contributed by atoms with van der Waals surface area (Å²) in [5.74, 6) is -2.88. The second-order valence-electron chi connectivity index (χ2n) is 6.09. The van der Waals surface area contributed by atoms with Gasteiger partial charge in [-0.2, -0.15) is 8.78 Å². The maximum absolute atomic E-state index is 12.6. The van der Waals surface area contributed by atoms with Crippen LogP contribution in [0.5, 0.6) is 0 Å². The Balaban J connectivity index is 1.75. The quantitative estimate of drug-likeness (QED) is 0.551. The third-order valence-corrected chi connectivity index (χ3v) is 6.67. The van der Waals surface area contributed by atoms with Crippen LogP contribution < -0.4 is 0 Å². The lowest BCUT2D eigenvalue weighted by Crippen LogP contribution is -2.11. The highest BCUT2D eigenvalue weighted by Gasteiger charge is 2.26. The highest BCUT2D eigenvalue weighted by molar-refractivity contribution is 7.98. The van der Waals surface area contributed by atoms with Crippen LogP contribution in [0.15, 0.2) is 64.9 Å². The van der Waals surface area contributed by atoms with Crippen LogP contribution in [0.2, 0.25) is 0 Å². The Hall–Kier alpha value is -2.19. The molecule has 0 N–H and O–H groups in total. The van der Waals surface area contributed by atoms with Gasteiger partial charge in [0, 0.05) is 23.8 Å². The molecule has 3 aromatic rings. The molecule has 27 heavy (non-hydrogen) atoms. The van der Waals surface area contributed by atoms with Crippen LogP contribution in [-0.4, -0.2) is 23.7 Å². The van der Waals surface area contributed by atoms with E-state index < -0.39 is 15.6 Å². The second-order valence-corrected chi connectivity index (χ2v) is 8.95. The molecule has 0 atom stereocenters. The van der Waals surface area contributed by atoms with Gasteiger partial charge in [-0.05, 0) is 54.8 Å². The van der Waals surface area contributed by atoms with Crippen LogP contribution in [0.25, 0.3) is 5.69 Å². The van der Waals surface area contributed by atoms with E-state index in [0.29, 0.717) is 5.75 Å². The van der Waals surface area contributed by atoms with Crippen molar-refractivity contribution in [3.8, 4) is 5.69 Å². The zero-order valence-corrected chi connectivity index (χ0v) is 16.4. The molecule has 0 radical (unpaired) electrons. The van der Waals surface area contributed by atoms with Crippen molar-refractivity contribution in [2.75, 3.05) is 0 Å². The van der Waals surface area contributed by atoms with Crippen LogP contribution in [-0.2, 0) is 15.6 Å². The van der Waals surface area contributed by atoms with Gasteiger partial charge in [-0.25, -0.2) is 13.4 Å². The summed E-state index contributed by atoms with van der Waals surface area (Å²) in [6, 6.07) is 11.7. The van der Waals surface area contributed by atoms with Crippen LogP contribution >= 0.6 is 11.8 Å². The van der Waals surface area contributed by atoms with Crippen LogP contribution in [0.4, 0.5) is 8.78 Å². The fraction of sp³-hybridized carbons (Fsp3) is 0.211. The van der Waals surface area contributed by atoms with E-state index in [-0.39, 0.29) is 4.90 Å². The molecule has 3 rings (SSSR count). The van der Waals surface area contributed by atoms with Crippen molar-refractivity contribution in [3.05, 3.63) is 71.5 Å². The molecule has 0 unspecified atom stereocenters. The average Bonchev–Trinajstić information content (AvgIpc) is 3.11. The van der Waals surface area contributed by atoms with Gasteiger partial charge in [-0.3, -0.25) is 4.57 Å². The normalized spacial score (nSPS) is 11.9. The predicted octanol–water partition coefficient (Wildman–Crippen LogP) is 4.78. The molecule has 0 saturated carbocycles. The van der Waals surface area contributed by atoms with Gasteiger partial charge in [0.15, 0.2) is 5.16 Å². The van der Waals surface area contributed by atoms with E-state index in [1.165, 1.54) is 35.0 Å². The highest BCUT2D eigenvalue weighted by atomic mass is 32.2. The molecule has 0 bridgehead atoms. The molecule has 0 aliphatic carbocycles. The fourth-order valence-corrected chi connectivity index (χ4v) is 4.14. The minimum atomic E-state index is -4.56. The lowest BCUT2D eigenvalue weighted by atomic mass is 10.1. The number of aryl methyl sites for hydroxylation is 2. The summed E-state index contributed by atoms with van der Waals surface area (Å²) in [5.41, 5.74) is 4.24. The summed E-state index contributed by atoms with van der Waals surface area (Å²) in [6.45, 7) is 4.11. The smallest absolute Gasteiger partial charge is 0.295 e. The van der Waals surface area contributed by atoms with Crippen LogP contribution in [0.3, 0.4) is 0 Å². The van der Waals surface area contributed by atoms with E-state index in [1.54, 1.807) is 18.3 Å². The third kappa shape index (κ3) is 4.22. The molecule has 0 spiro atoms. The number of imidazole rings is 1. The van der Waals surface area contributed by atoms with Crippen molar-refractivity contribution in [1.82, 2.24) is 9.55 Å². The first-order valence-corrected chi connectivity index (χ1v) is 10.7. The third-order valence-electron chi connectivity index (χ3n) is 4.23. The maximum Gasteiger partial charge on any atom is 0.341 e. The largest absolute Gasteiger partial charge is 0.341 e. The SMILES string of the molecule is Cc1ccc(-n2ccnc2SCc2ccc(S(=O)(=O)C(F)F)cc2)cc1C. The summed E-state index contributed by atoms with van der Waals surface area (Å²) in [6.07, 6.45) is 3.60.